The van der Waals surface area contributed by atoms with Gasteiger partial charge in [0.1, 0.15) is 17.7 Å². The Labute approximate surface area is 216 Å². The van der Waals surface area contributed by atoms with Crippen LogP contribution in [0.5, 0.6) is 0 Å². The van der Waals surface area contributed by atoms with Gasteiger partial charge in [0, 0.05) is 11.3 Å². The highest BCUT2D eigenvalue weighted by atomic mass is 19.1. The number of benzene rings is 3. The second kappa shape index (κ2) is 13.5. The molecule has 0 heterocycles. The Morgan fingerprint density at radius 3 is 2.11 bits per heavy atom. The van der Waals surface area contributed by atoms with Crippen LogP contribution >= 0.6 is 0 Å². The number of rotatable bonds is 13. The van der Waals surface area contributed by atoms with Crippen molar-refractivity contribution in [3.05, 3.63) is 114 Å². The molecule has 0 fully saturated rings. The maximum absolute atomic E-state index is 13.6. The minimum absolute atomic E-state index is 0.0182. The summed E-state index contributed by atoms with van der Waals surface area (Å²) in [4.78, 5) is 26.7. The van der Waals surface area contributed by atoms with Crippen LogP contribution in [-0.2, 0) is 14.3 Å². The third-order valence-electron chi connectivity index (χ3n) is 5.90. The standard InChI is InChI=1S/C30H31F2NO4/c1-4-18-37-27(29(34)22-10-12-23(31)13-11-22)19-26(30(35)36-5-2)28(21-8-6-20(3)7-9-21)33-25-16-14-24(32)15-17-25/h4,6-17,26-28,33H,1,5,18-19H2,2-3H3/t26?,27?,28-/m0/s1. The number of hydrogen-bond donors (Lipinski definition) is 1. The number of ether oxygens (including phenoxy) is 2. The summed E-state index contributed by atoms with van der Waals surface area (Å²) in [5.74, 6) is -2.61. The number of ketones is 1. The number of Topliss-reactive ketones (excluding diaryl/α,β-unsaturated/α-hetero) is 1. The predicted octanol–water partition coefficient (Wildman–Crippen LogP) is 6.45. The summed E-state index contributed by atoms with van der Waals surface area (Å²) in [6.45, 7) is 7.54. The summed E-state index contributed by atoms with van der Waals surface area (Å²) in [6, 6.07) is 18.0. The molecule has 0 saturated heterocycles. The number of nitrogens with one attached hydrogen (secondary N) is 1. The first kappa shape index (κ1) is 27.7. The molecule has 0 amide bonds. The van der Waals surface area contributed by atoms with Crippen LogP contribution < -0.4 is 5.32 Å². The van der Waals surface area contributed by atoms with Crippen molar-refractivity contribution in [3.8, 4) is 0 Å². The van der Waals surface area contributed by atoms with Gasteiger partial charge in [-0.1, -0.05) is 35.9 Å². The van der Waals surface area contributed by atoms with Gasteiger partial charge < -0.3 is 14.8 Å². The molecule has 5 nitrogen and oxygen atoms in total. The van der Waals surface area contributed by atoms with E-state index < -0.39 is 29.9 Å². The molecular formula is C30H31F2NO4. The largest absolute Gasteiger partial charge is 0.466 e. The topological polar surface area (TPSA) is 64.6 Å². The quantitative estimate of drug-likeness (QED) is 0.164. The molecule has 3 rings (SSSR count). The normalized spacial score (nSPS) is 13.3. The van der Waals surface area contributed by atoms with Crippen molar-refractivity contribution in [2.75, 3.05) is 18.5 Å². The number of halogens is 2. The van der Waals surface area contributed by atoms with Gasteiger partial charge in [-0.25, -0.2) is 8.78 Å². The van der Waals surface area contributed by atoms with Crippen LogP contribution in [0, 0.1) is 24.5 Å². The van der Waals surface area contributed by atoms with Gasteiger partial charge in [0.2, 0.25) is 0 Å². The molecule has 7 heteroatoms. The SMILES string of the molecule is C=CCOC(CC(C(=O)OCC)[C@@H](Nc1ccc(F)cc1)c1ccc(C)cc1)C(=O)c1ccc(F)cc1. The third-order valence-corrected chi connectivity index (χ3v) is 5.90. The zero-order valence-corrected chi connectivity index (χ0v) is 21.0. The molecule has 3 aromatic rings. The van der Waals surface area contributed by atoms with E-state index in [1.54, 1.807) is 19.1 Å². The highest BCUT2D eigenvalue weighted by Crippen LogP contribution is 2.33. The van der Waals surface area contributed by atoms with Gasteiger partial charge in [-0.3, -0.25) is 9.59 Å². The number of esters is 1. The van der Waals surface area contributed by atoms with E-state index in [9.17, 15) is 18.4 Å². The average Bonchev–Trinajstić information content (AvgIpc) is 2.89. The molecule has 2 unspecified atom stereocenters. The number of aryl methyl sites for hydroxylation is 1. The van der Waals surface area contributed by atoms with E-state index in [-0.39, 0.29) is 36.8 Å². The van der Waals surface area contributed by atoms with E-state index in [4.69, 9.17) is 9.47 Å². The predicted molar refractivity (Wildman–Crippen MR) is 139 cm³/mol. The fraction of sp³-hybridized carbons (Fsp3) is 0.267. The number of anilines is 1. The van der Waals surface area contributed by atoms with Crippen molar-refractivity contribution >= 4 is 17.4 Å². The van der Waals surface area contributed by atoms with Gasteiger partial charge in [-0.05, 0) is 74.4 Å². The van der Waals surface area contributed by atoms with Crippen LogP contribution in [-0.4, -0.2) is 31.1 Å². The van der Waals surface area contributed by atoms with Crippen LogP contribution in [0.2, 0.25) is 0 Å². The van der Waals surface area contributed by atoms with E-state index >= 15 is 0 Å². The summed E-state index contributed by atoms with van der Waals surface area (Å²) >= 11 is 0. The molecule has 1 N–H and O–H groups in total. The lowest BCUT2D eigenvalue weighted by atomic mass is 9.86. The second-order valence-corrected chi connectivity index (χ2v) is 8.62. The fourth-order valence-corrected chi connectivity index (χ4v) is 4.00. The fourth-order valence-electron chi connectivity index (χ4n) is 4.00. The molecule has 0 radical (unpaired) electrons. The lowest BCUT2D eigenvalue weighted by Crippen LogP contribution is -2.36. The second-order valence-electron chi connectivity index (χ2n) is 8.62. The molecule has 0 spiro atoms. The van der Waals surface area contributed by atoms with Crippen molar-refractivity contribution in [2.45, 2.75) is 32.4 Å². The van der Waals surface area contributed by atoms with Crippen molar-refractivity contribution in [1.29, 1.82) is 0 Å². The molecule has 0 saturated carbocycles. The molecule has 0 bridgehead atoms. The van der Waals surface area contributed by atoms with E-state index in [1.165, 1.54) is 42.5 Å². The van der Waals surface area contributed by atoms with E-state index in [2.05, 4.69) is 11.9 Å². The highest BCUT2D eigenvalue weighted by molar-refractivity contribution is 5.99. The van der Waals surface area contributed by atoms with Crippen LogP contribution in [0.3, 0.4) is 0 Å². The Kier molecular flexibility index (Phi) is 10.1. The molecule has 3 aromatic carbocycles. The Balaban J connectivity index is 2.02. The van der Waals surface area contributed by atoms with Crippen LogP contribution in [0.25, 0.3) is 0 Å². The van der Waals surface area contributed by atoms with Crippen LogP contribution in [0.4, 0.5) is 14.5 Å². The van der Waals surface area contributed by atoms with E-state index in [0.29, 0.717) is 5.69 Å². The minimum atomic E-state index is -1.03. The van der Waals surface area contributed by atoms with Crippen molar-refractivity contribution in [1.82, 2.24) is 0 Å². The van der Waals surface area contributed by atoms with Gasteiger partial charge >= 0.3 is 5.97 Å². The van der Waals surface area contributed by atoms with Gasteiger partial charge in [-0.2, -0.15) is 0 Å². The first-order chi connectivity index (χ1) is 17.8. The number of carbonyl (C=O) groups is 2. The summed E-state index contributed by atoms with van der Waals surface area (Å²) in [5, 5.41) is 3.32. The van der Waals surface area contributed by atoms with Crippen molar-refractivity contribution in [3.63, 3.8) is 0 Å². The van der Waals surface area contributed by atoms with E-state index in [1.807, 2.05) is 31.2 Å². The summed E-state index contributed by atoms with van der Waals surface area (Å²) in [7, 11) is 0. The lowest BCUT2D eigenvalue weighted by molar-refractivity contribution is -0.149. The smallest absolute Gasteiger partial charge is 0.311 e. The summed E-state index contributed by atoms with van der Waals surface area (Å²) in [5.41, 5.74) is 2.67. The number of hydrogen-bond acceptors (Lipinski definition) is 5. The third kappa shape index (κ3) is 7.82. The zero-order chi connectivity index (χ0) is 26.8. The lowest BCUT2D eigenvalue weighted by Gasteiger charge is -2.30. The van der Waals surface area contributed by atoms with Crippen molar-refractivity contribution in [2.24, 2.45) is 5.92 Å². The Bertz CT molecular complexity index is 1180. The van der Waals surface area contributed by atoms with E-state index in [0.717, 1.165) is 11.1 Å². The molecular weight excluding hydrogens is 476 g/mol. The highest BCUT2D eigenvalue weighted by Gasteiger charge is 2.36. The molecule has 0 aliphatic carbocycles. The van der Waals surface area contributed by atoms with Gasteiger partial charge in [0.05, 0.1) is 25.2 Å². The van der Waals surface area contributed by atoms with Crippen molar-refractivity contribution < 1.29 is 27.8 Å². The monoisotopic (exact) mass is 507 g/mol. The molecule has 0 aliphatic heterocycles. The zero-order valence-electron chi connectivity index (χ0n) is 21.0. The summed E-state index contributed by atoms with van der Waals surface area (Å²) in [6.07, 6.45) is 0.467. The number of carbonyl (C=O) groups excluding carboxylic acids is 2. The van der Waals surface area contributed by atoms with Gasteiger partial charge in [0.25, 0.3) is 0 Å². The van der Waals surface area contributed by atoms with Gasteiger partial charge in [0.15, 0.2) is 5.78 Å². The minimum Gasteiger partial charge on any atom is -0.466 e. The Morgan fingerprint density at radius 1 is 0.946 bits per heavy atom. The van der Waals surface area contributed by atoms with Crippen LogP contribution in [0.1, 0.15) is 40.9 Å². The van der Waals surface area contributed by atoms with Crippen LogP contribution in [0.15, 0.2) is 85.5 Å². The molecule has 194 valence electrons. The molecule has 0 aliphatic rings. The first-order valence-electron chi connectivity index (χ1n) is 12.1. The molecule has 3 atom stereocenters. The summed E-state index contributed by atoms with van der Waals surface area (Å²) < 4.78 is 38.3. The maximum atomic E-state index is 13.6. The Hall–Kier alpha value is -3.84. The average molecular weight is 508 g/mol. The maximum Gasteiger partial charge on any atom is 0.311 e. The molecule has 0 aromatic heterocycles. The van der Waals surface area contributed by atoms with Gasteiger partial charge in [-0.15, -0.1) is 6.58 Å². The molecule has 37 heavy (non-hydrogen) atoms. The Morgan fingerprint density at radius 2 is 1.54 bits per heavy atom. The first-order valence-corrected chi connectivity index (χ1v) is 12.1.